The highest BCUT2D eigenvalue weighted by atomic mass is 16.1. The summed E-state index contributed by atoms with van der Waals surface area (Å²) in [6, 6.07) is 2.07. The standard InChI is InChI=1S/C16H25N3O/c1-4-18-15-10-17-8-7-13(15)16(20)19-14-6-5-11(2)9-12(14)3/h7-8,10-12,14,18H,4-6,9H2,1-3H3,(H,19,20). The molecule has 0 saturated heterocycles. The van der Waals surface area contributed by atoms with Crippen LogP contribution in [-0.4, -0.2) is 23.5 Å². The van der Waals surface area contributed by atoms with Crippen LogP contribution in [0.15, 0.2) is 18.5 Å². The maximum atomic E-state index is 12.5. The molecule has 1 fully saturated rings. The van der Waals surface area contributed by atoms with Gasteiger partial charge in [0.25, 0.3) is 5.91 Å². The lowest BCUT2D eigenvalue weighted by atomic mass is 9.80. The van der Waals surface area contributed by atoms with E-state index in [-0.39, 0.29) is 5.91 Å². The lowest BCUT2D eigenvalue weighted by Crippen LogP contribution is -2.42. The van der Waals surface area contributed by atoms with Gasteiger partial charge in [-0.05, 0) is 44.1 Å². The molecule has 1 aromatic heterocycles. The minimum absolute atomic E-state index is 0.00903. The predicted molar refractivity (Wildman–Crippen MR) is 81.8 cm³/mol. The van der Waals surface area contributed by atoms with Crippen LogP contribution in [0.3, 0.4) is 0 Å². The summed E-state index contributed by atoms with van der Waals surface area (Å²) < 4.78 is 0. The Bertz CT molecular complexity index is 461. The molecule has 4 nitrogen and oxygen atoms in total. The fourth-order valence-corrected chi connectivity index (χ4v) is 3.05. The average Bonchev–Trinajstić information content (AvgIpc) is 2.43. The Kier molecular flexibility index (Phi) is 4.99. The molecule has 1 aliphatic rings. The number of pyridine rings is 1. The summed E-state index contributed by atoms with van der Waals surface area (Å²) >= 11 is 0. The molecule has 1 saturated carbocycles. The molecule has 1 aromatic rings. The fourth-order valence-electron chi connectivity index (χ4n) is 3.05. The molecule has 0 bridgehead atoms. The number of carbonyl (C=O) groups excluding carboxylic acids is 1. The van der Waals surface area contributed by atoms with E-state index in [0.717, 1.165) is 24.6 Å². The van der Waals surface area contributed by atoms with Crippen LogP contribution < -0.4 is 10.6 Å². The SMILES string of the molecule is CCNc1cnccc1C(=O)NC1CCC(C)CC1C. The van der Waals surface area contributed by atoms with Crippen molar-refractivity contribution in [3.05, 3.63) is 24.0 Å². The minimum atomic E-state index is 0.00903. The van der Waals surface area contributed by atoms with Crippen molar-refractivity contribution in [2.45, 2.75) is 46.1 Å². The summed E-state index contributed by atoms with van der Waals surface area (Å²) in [4.78, 5) is 16.5. The number of aromatic nitrogens is 1. The Morgan fingerprint density at radius 2 is 2.20 bits per heavy atom. The zero-order valence-corrected chi connectivity index (χ0v) is 12.6. The van der Waals surface area contributed by atoms with Crippen molar-refractivity contribution >= 4 is 11.6 Å². The van der Waals surface area contributed by atoms with E-state index >= 15 is 0 Å². The second-order valence-corrected chi connectivity index (χ2v) is 5.93. The van der Waals surface area contributed by atoms with E-state index in [2.05, 4.69) is 29.5 Å². The van der Waals surface area contributed by atoms with Gasteiger partial charge in [0.15, 0.2) is 0 Å². The Morgan fingerprint density at radius 3 is 2.90 bits per heavy atom. The molecule has 1 amide bonds. The molecule has 4 heteroatoms. The van der Waals surface area contributed by atoms with E-state index in [1.54, 1.807) is 18.5 Å². The van der Waals surface area contributed by atoms with Crippen molar-refractivity contribution in [1.82, 2.24) is 10.3 Å². The molecule has 2 N–H and O–H groups in total. The van der Waals surface area contributed by atoms with Crippen molar-refractivity contribution in [1.29, 1.82) is 0 Å². The Labute approximate surface area is 121 Å². The van der Waals surface area contributed by atoms with Gasteiger partial charge in [-0.1, -0.05) is 13.8 Å². The van der Waals surface area contributed by atoms with Gasteiger partial charge in [-0.2, -0.15) is 0 Å². The first kappa shape index (κ1) is 14.8. The van der Waals surface area contributed by atoms with E-state index in [4.69, 9.17) is 0 Å². The molecule has 1 aliphatic carbocycles. The molecule has 0 aromatic carbocycles. The van der Waals surface area contributed by atoms with Crippen molar-refractivity contribution in [3.8, 4) is 0 Å². The van der Waals surface area contributed by atoms with Crippen LogP contribution >= 0.6 is 0 Å². The van der Waals surface area contributed by atoms with Crippen LogP contribution in [0, 0.1) is 11.8 Å². The maximum absolute atomic E-state index is 12.5. The van der Waals surface area contributed by atoms with Crippen LogP contribution in [0.2, 0.25) is 0 Å². The quantitative estimate of drug-likeness (QED) is 0.888. The second-order valence-electron chi connectivity index (χ2n) is 5.93. The van der Waals surface area contributed by atoms with Crippen LogP contribution in [0.25, 0.3) is 0 Å². The van der Waals surface area contributed by atoms with Gasteiger partial charge in [0.2, 0.25) is 0 Å². The molecule has 1 heterocycles. The van der Waals surface area contributed by atoms with Gasteiger partial charge in [0.1, 0.15) is 0 Å². The number of nitrogens with one attached hydrogen (secondary N) is 2. The summed E-state index contributed by atoms with van der Waals surface area (Å²) in [5.74, 6) is 1.33. The third-order valence-corrected chi connectivity index (χ3v) is 4.18. The molecular formula is C16H25N3O. The summed E-state index contributed by atoms with van der Waals surface area (Å²) in [5.41, 5.74) is 1.50. The summed E-state index contributed by atoms with van der Waals surface area (Å²) in [7, 11) is 0. The lowest BCUT2D eigenvalue weighted by Gasteiger charge is -2.33. The van der Waals surface area contributed by atoms with E-state index < -0.39 is 0 Å². The van der Waals surface area contributed by atoms with Gasteiger partial charge < -0.3 is 10.6 Å². The molecule has 20 heavy (non-hydrogen) atoms. The zero-order chi connectivity index (χ0) is 14.5. The average molecular weight is 275 g/mol. The fraction of sp³-hybridized carbons (Fsp3) is 0.625. The van der Waals surface area contributed by atoms with Crippen LogP contribution in [0.5, 0.6) is 0 Å². The maximum Gasteiger partial charge on any atom is 0.253 e. The van der Waals surface area contributed by atoms with Crippen LogP contribution in [0.1, 0.15) is 50.4 Å². The second kappa shape index (κ2) is 6.73. The monoisotopic (exact) mass is 275 g/mol. The number of hydrogen-bond donors (Lipinski definition) is 2. The highest BCUT2D eigenvalue weighted by molar-refractivity contribution is 5.99. The summed E-state index contributed by atoms with van der Waals surface area (Å²) in [5, 5.41) is 6.39. The van der Waals surface area contributed by atoms with E-state index in [0.29, 0.717) is 17.5 Å². The van der Waals surface area contributed by atoms with Crippen molar-refractivity contribution in [2.75, 3.05) is 11.9 Å². The van der Waals surface area contributed by atoms with Crippen molar-refractivity contribution < 1.29 is 4.79 Å². The molecule has 3 atom stereocenters. The summed E-state index contributed by atoms with van der Waals surface area (Å²) in [6.45, 7) is 7.32. The predicted octanol–water partition coefficient (Wildman–Crippen LogP) is 3.07. The molecule has 2 rings (SSSR count). The molecule has 0 spiro atoms. The number of anilines is 1. The first-order valence-corrected chi connectivity index (χ1v) is 7.60. The van der Waals surface area contributed by atoms with Gasteiger partial charge in [0, 0.05) is 18.8 Å². The summed E-state index contributed by atoms with van der Waals surface area (Å²) in [6.07, 6.45) is 6.86. The van der Waals surface area contributed by atoms with Gasteiger partial charge in [-0.25, -0.2) is 0 Å². The molecule has 110 valence electrons. The molecule has 0 aliphatic heterocycles. The highest BCUT2D eigenvalue weighted by Crippen LogP contribution is 2.29. The highest BCUT2D eigenvalue weighted by Gasteiger charge is 2.27. The van der Waals surface area contributed by atoms with E-state index in [1.165, 1.54) is 12.8 Å². The number of rotatable bonds is 4. The third-order valence-electron chi connectivity index (χ3n) is 4.18. The van der Waals surface area contributed by atoms with E-state index in [1.807, 2.05) is 6.92 Å². The van der Waals surface area contributed by atoms with Gasteiger partial charge in [0.05, 0.1) is 17.4 Å². The smallest absolute Gasteiger partial charge is 0.253 e. The molecular weight excluding hydrogens is 250 g/mol. The first-order valence-electron chi connectivity index (χ1n) is 7.60. The lowest BCUT2D eigenvalue weighted by molar-refractivity contribution is 0.0900. The van der Waals surface area contributed by atoms with Crippen LogP contribution in [0.4, 0.5) is 5.69 Å². The van der Waals surface area contributed by atoms with Gasteiger partial charge in [-0.15, -0.1) is 0 Å². The van der Waals surface area contributed by atoms with Gasteiger partial charge in [-0.3, -0.25) is 9.78 Å². The topological polar surface area (TPSA) is 54.0 Å². The zero-order valence-electron chi connectivity index (χ0n) is 12.6. The minimum Gasteiger partial charge on any atom is -0.383 e. The number of hydrogen-bond acceptors (Lipinski definition) is 3. The third kappa shape index (κ3) is 3.50. The van der Waals surface area contributed by atoms with Gasteiger partial charge >= 0.3 is 0 Å². The van der Waals surface area contributed by atoms with Crippen molar-refractivity contribution in [3.63, 3.8) is 0 Å². The largest absolute Gasteiger partial charge is 0.383 e. The van der Waals surface area contributed by atoms with Crippen molar-refractivity contribution in [2.24, 2.45) is 11.8 Å². The number of carbonyl (C=O) groups is 1. The van der Waals surface area contributed by atoms with Crippen LogP contribution in [-0.2, 0) is 0 Å². The number of nitrogens with zero attached hydrogens (tertiary/aromatic N) is 1. The Morgan fingerprint density at radius 1 is 1.40 bits per heavy atom. The number of amides is 1. The Balaban J connectivity index is 2.05. The molecule has 3 unspecified atom stereocenters. The first-order chi connectivity index (χ1) is 9.61. The molecule has 0 radical (unpaired) electrons. The Hall–Kier alpha value is -1.58. The normalized spacial score (nSPS) is 26.1. The van der Waals surface area contributed by atoms with E-state index in [9.17, 15) is 4.79 Å².